The van der Waals surface area contributed by atoms with Gasteiger partial charge in [0.25, 0.3) is 5.91 Å². The average Bonchev–Trinajstić information content (AvgIpc) is 2.17. The zero-order valence-corrected chi connectivity index (χ0v) is 9.36. The summed E-state index contributed by atoms with van der Waals surface area (Å²) >= 11 is 0. The van der Waals surface area contributed by atoms with Gasteiger partial charge < -0.3 is 14.4 Å². The lowest BCUT2D eigenvalue weighted by molar-refractivity contribution is -0.164. The summed E-state index contributed by atoms with van der Waals surface area (Å²) in [5.74, 6) is -0.470. The second-order valence-corrected chi connectivity index (χ2v) is 3.49. The van der Waals surface area contributed by atoms with E-state index in [4.69, 9.17) is 4.74 Å². The highest BCUT2D eigenvalue weighted by molar-refractivity contribution is 5.88. The topological polar surface area (TPSA) is 55.8 Å². The van der Waals surface area contributed by atoms with Gasteiger partial charge in [-0.15, -0.1) is 0 Å². The number of amides is 1. The van der Waals surface area contributed by atoms with Crippen LogP contribution in [0.25, 0.3) is 0 Å². The maximum absolute atomic E-state index is 11.8. The third kappa shape index (κ3) is 2.28. The molecule has 0 aromatic heterocycles. The van der Waals surface area contributed by atoms with E-state index in [0.717, 1.165) is 0 Å². The molecule has 0 aromatic rings. The summed E-state index contributed by atoms with van der Waals surface area (Å²) in [6, 6.07) is -0.410. The number of likely N-dealkylation sites (tertiary alicyclic amines) is 1. The number of hydrogen-bond donors (Lipinski definition) is 0. The number of nitrogens with zero attached hydrogens (tertiary/aromatic N) is 1. The first kappa shape index (κ1) is 12.0. The largest absolute Gasteiger partial charge is 0.467 e. The highest BCUT2D eigenvalue weighted by Gasteiger charge is 2.40. The first-order valence-corrected chi connectivity index (χ1v) is 5.06. The van der Waals surface area contributed by atoms with Crippen LogP contribution in [0.5, 0.6) is 0 Å². The summed E-state index contributed by atoms with van der Waals surface area (Å²) in [7, 11) is 2.83. The van der Waals surface area contributed by atoms with Crippen molar-refractivity contribution >= 4 is 11.9 Å². The lowest BCUT2D eigenvalue weighted by Gasteiger charge is -2.40. The number of rotatable bonds is 4. The summed E-state index contributed by atoms with van der Waals surface area (Å²) in [4.78, 5) is 24.6. The van der Waals surface area contributed by atoms with Crippen molar-refractivity contribution in [2.75, 3.05) is 20.8 Å². The predicted molar refractivity (Wildman–Crippen MR) is 53.2 cm³/mol. The van der Waals surface area contributed by atoms with Crippen molar-refractivity contribution in [3.8, 4) is 0 Å². The Kier molecular flexibility index (Phi) is 4.08. The standard InChI is InChI=1S/C10H17NO4/c1-4-8(14-2)9(12)11-6-5-7(11)10(13)15-3/h7-8H,4-6H2,1-3H3. The molecule has 1 amide bonds. The van der Waals surface area contributed by atoms with E-state index in [1.807, 2.05) is 6.92 Å². The third-order valence-corrected chi connectivity index (χ3v) is 2.71. The van der Waals surface area contributed by atoms with Gasteiger partial charge in [0.1, 0.15) is 12.1 Å². The Bertz CT molecular complexity index is 250. The van der Waals surface area contributed by atoms with E-state index in [2.05, 4.69) is 4.74 Å². The molecule has 15 heavy (non-hydrogen) atoms. The van der Waals surface area contributed by atoms with Crippen molar-refractivity contribution in [2.45, 2.75) is 31.9 Å². The minimum atomic E-state index is -0.447. The maximum Gasteiger partial charge on any atom is 0.328 e. The van der Waals surface area contributed by atoms with Crippen LogP contribution in [0.2, 0.25) is 0 Å². The van der Waals surface area contributed by atoms with E-state index in [-0.39, 0.29) is 11.9 Å². The van der Waals surface area contributed by atoms with Gasteiger partial charge in [0, 0.05) is 13.7 Å². The Morgan fingerprint density at radius 2 is 2.13 bits per heavy atom. The van der Waals surface area contributed by atoms with Crippen molar-refractivity contribution in [3.05, 3.63) is 0 Å². The maximum atomic E-state index is 11.8. The molecule has 1 aliphatic rings. The molecule has 0 aliphatic carbocycles. The number of hydrogen-bond acceptors (Lipinski definition) is 4. The molecule has 0 spiro atoms. The van der Waals surface area contributed by atoms with Crippen LogP contribution in [0.1, 0.15) is 19.8 Å². The SMILES string of the molecule is CCC(OC)C(=O)N1CCC1C(=O)OC. The second kappa shape index (κ2) is 5.11. The second-order valence-electron chi connectivity index (χ2n) is 3.49. The molecule has 1 rings (SSSR count). The van der Waals surface area contributed by atoms with Crippen LogP contribution in [0, 0.1) is 0 Å². The molecule has 5 nitrogen and oxygen atoms in total. The fourth-order valence-corrected chi connectivity index (χ4v) is 1.66. The van der Waals surface area contributed by atoms with Crippen molar-refractivity contribution in [2.24, 2.45) is 0 Å². The molecule has 1 saturated heterocycles. The lowest BCUT2D eigenvalue weighted by Crippen LogP contribution is -2.58. The van der Waals surface area contributed by atoms with Gasteiger partial charge in [-0.05, 0) is 12.8 Å². The van der Waals surface area contributed by atoms with Gasteiger partial charge in [-0.1, -0.05) is 6.92 Å². The molecule has 5 heteroatoms. The molecule has 1 aliphatic heterocycles. The fourth-order valence-electron chi connectivity index (χ4n) is 1.66. The van der Waals surface area contributed by atoms with E-state index < -0.39 is 12.1 Å². The van der Waals surface area contributed by atoms with Gasteiger partial charge in [0.15, 0.2) is 0 Å². The van der Waals surface area contributed by atoms with Crippen LogP contribution < -0.4 is 0 Å². The lowest BCUT2D eigenvalue weighted by atomic mass is 10.0. The Morgan fingerprint density at radius 1 is 1.47 bits per heavy atom. The fraction of sp³-hybridized carbons (Fsp3) is 0.800. The molecule has 0 N–H and O–H groups in total. The van der Waals surface area contributed by atoms with Crippen LogP contribution >= 0.6 is 0 Å². The average molecular weight is 215 g/mol. The van der Waals surface area contributed by atoms with Gasteiger partial charge >= 0.3 is 5.97 Å². The summed E-state index contributed by atoms with van der Waals surface area (Å²) in [6.07, 6.45) is 0.843. The van der Waals surface area contributed by atoms with E-state index in [0.29, 0.717) is 19.4 Å². The zero-order valence-electron chi connectivity index (χ0n) is 9.36. The molecular weight excluding hydrogens is 198 g/mol. The van der Waals surface area contributed by atoms with Crippen LogP contribution in [-0.2, 0) is 19.1 Å². The Balaban J connectivity index is 2.57. The van der Waals surface area contributed by atoms with Gasteiger partial charge in [-0.3, -0.25) is 4.79 Å². The van der Waals surface area contributed by atoms with Crippen molar-refractivity contribution in [3.63, 3.8) is 0 Å². The van der Waals surface area contributed by atoms with Crippen molar-refractivity contribution < 1.29 is 19.1 Å². The van der Waals surface area contributed by atoms with Gasteiger partial charge in [-0.25, -0.2) is 4.79 Å². The van der Waals surface area contributed by atoms with E-state index in [1.165, 1.54) is 19.1 Å². The highest BCUT2D eigenvalue weighted by Crippen LogP contribution is 2.20. The van der Waals surface area contributed by atoms with Crippen molar-refractivity contribution in [1.29, 1.82) is 0 Å². The molecule has 2 atom stereocenters. The molecule has 0 aromatic carbocycles. The predicted octanol–water partition coefficient (Wildman–Crippen LogP) is 0.185. The van der Waals surface area contributed by atoms with E-state index in [1.54, 1.807) is 0 Å². The molecule has 0 radical (unpaired) electrons. The Labute approximate surface area is 89.3 Å². The number of carbonyl (C=O) groups is 2. The van der Waals surface area contributed by atoms with Gasteiger partial charge in [-0.2, -0.15) is 0 Å². The molecule has 1 fully saturated rings. The molecule has 0 saturated carbocycles. The molecule has 86 valence electrons. The zero-order chi connectivity index (χ0) is 11.4. The summed E-state index contributed by atoms with van der Waals surface area (Å²) in [5.41, 5.74) is 0. The summed E-state index contributed by atoms with van der Waals surface area (Å²) < 4.78 is 9.64. The highest BCUT2D eigenvalue weighted by atomic mass is 16.5. The number of methoxy groups -OCH3 is 2. The Morgan fingerprint density at radius 3 is 2.47 bits per heavy atom. The van der Waals surface area contributed by atoms with Gasteiger partial charge in [0.05, 0.1) is 7.11 Å². The van der Waals surface area contributed by atoms with Crippen LogP contribution in [-0.4, -0.2) is 49.7 Å². The molecule has 2 unspecified atom stereocenters. The minimum absolute atomic E-state index is 0.123. The smallest absolute Gasteiger partial charge is 0.328 e. The third-order valence-electron chi connectivity index (χ3n) is 2.71. The number of carbonyl (C=O) groups excluding carboxylic acids is 2. The Hall–Kier alpha value is -1.10. The monoisotopic (exact) mass is 215 g/mol. The first-order valence-electron chi connectivity index (χ1n) is 5.06. The van der Waals surface area contributed by atoms with Crippen LogP contribution in [0.3, 0.4) is 0 Å². The number of esters is 1. The first-order chi connectivity index (χ1) is 7.15. The van der Waals surface area contributed by atoms with E-state index >= 15 is 0 Å². The normalized spacial score (nSPS) is 21.8. The number of ether oxygens (including phenoxy) is 2. The molecular formula is C10H17NO4. The van der Waals surface area contributed by atoms with Gasteiger partial charge in [0.2, 0.25) is 0 Å². The van der Waals surface area contributed by atoms with Crippen molar-refractivity contribution in [1.82, 2.24) is 4.90 Å². The van der Waals surface area contributed by atoms with Crippen LogP contribution in [0.15, 0.2) is 0 Å². The minimum Gasteiger partial charge on any atom is -0.467 e. The van der Waals surface area contributed by atoms with Crippen LogP contribution in [0.4, 0.5) is 0 Å². The molecule has 1 heterocycles. The summed E-state index contributed by atoms with van der Waals surface area (Å²) in [6.45, 7) is 2.48. The summed E-state index contributed by atoms with van der Waals surface area (Å²) in [5, 5.41) is 0. The quantitative estimate of drug-likeness (QED) is 0.628. The molecule has 0 bridgehead atoms. The van der Waals surface area contributed by atoms with E-state index in [9.17, 15) is 9.59 Å².